The van der Waals surface area contributed by atoms with E-state index < -0.39 is 6.09 Å². The van der Waals surface area contributed by atoms with Crippen LogP contribution in [0.4, 0.5) is 4.79 Å². The highest BCUT2D eigenvalue weighted by molar-refractivity contribution is 5.85. The Balaban J connectivity index is 4.58. The van der Waals surface area contributed by atoms with E-state index in [2.05, 4.69) is 5.32 Å². The maximum absolute atomic E-state index is 12.2. The summed E-state index contributed by atoms with van der Waals surface area (Å²) in [5.41, 5.74) is 21.2. The molecule has 0 saturated heterocycles. The molecule has 0 fully saturated rings. The Kier molecular flexibility index (Phi) is 13.3. The molecule has 0 aromatic carbocycles. The first-order valence-electron chi connectivity index (χ1n) is 8.54. The Morgan fingerprint density at radius 2 is 1.64 bits per heavy atom. The van der Waals surface area contributed by atoms with Gasteiger partial charge in [-0.15, -0.1) is 0 Å². The molecule has 10 nitrogen and oxygen atoms in total. The molecule has 0 bridgehead atoms. The molecule has 0 saturated carbocycles. The summed E-state index contributed by atoms with van der Waals surface area (Å²) < 4.78 is 4.77. The number of nitrogens with two attached hydrogens (primary N) is 4. The zero-order valence-corrected chi connectivity index (χ0v) is 14.7. The predicted octanol–water partition coefficient (Wildman–Crippen LogP) is -1.78. The summed E-state index contributed by atoms with van der Waals surface area (Å²) in [7, 11) is 0. The van der Waals surface area contributed by atoms with Crippen molar-refractivity contribution in [3.63, 3.8) is 0 Å². The summed E-state index contributed by atoms with van der Waals surface area (Å²) in [6.45, 7) is 1.17. The third-order valence-electron chi connectivity index (χ3n) is 3.54. The molecule has 0 aromatic rings. The van der Waals surface area contributed by atoms with Gasteiger partial charge in [0, 0.05) is 6.54 Å². The summed E-state index contributed by atoms with van der Waals surface area (Å²) in [5.74, 6) is -0.652. The van der Waals surface area contributed by atoms with Crippen LogP contribution in [0.1, 0.15) is 32.1 Å². The van der Waals surface area contributed by atoms with Gasteiger partial charge in [0.1, 0.15) is 6.61 Å². The monoisotopic (exact) mass is 360 g/mol. The lowest BCUT2D eigenvalue weighted by atomic mass is 10.1. The number of unbranched alkanes of at least 4 members (excludes halogenated alkanes) is 2. The van der Waals surface area contributed by atoms with Crippen LogP contribution in [0.2, 0.25) is 0 Å². The average Bonchev–Trinajstić information content (AvgIpc) is 2.58. The molecular weight excluding hydrogens is 328 g/mol. The Morgan fingerprint density at radius 1 is 1.00 bits per heavy atom. The van der Waals surface area contributed by atoms with Crippen molar-refractivity contribution in [2.75, 3.05) is 39.3 Å². The number of hydrogen-bond donors (Lipinski definition) is 5. The SMILES string of the molecule is NCCCCC(COC(N)=O)NC(=O)CN(CCCCN)C(=O)CN. The summed E-state index contributed by atoms with van der Waals surface area (Å²) in [4.78, 5) is 36.2. The number of nitrogens with zero attached hydrogens (tertiary/aromatic N) is 1. The van der Waals surface area contributed by atoms with Crippen molar-refractivity contribution in [1.29, 1.82) is 0 Å². The second kappa shape index (κ2) is 14.4. The second-order valence-corrected chi connectivity index (χ2v) is 5.69. The number of nitrogens with one attached hydrogen (secondary N) is 1. The van der Waals surface area contributed by atoms with Crippen molar-refractivity contribution in [2.24, 2.45) is 22.9 Å². The van der Waals surface area contributed by atoms with Crippen molar-refractivity contribution in [2.45, 2.75) is 38.1 Å². The molecule has 9 N–H and O–H groups in total. The van der Waals surface area contributed by atoms with E-state index in [4.69, 9.17) is 27.7 Å². The fraction of sp³-hybridized carbons (Fsp3) is 0.800. The fourth-order valence-electron chi connectivity index (χ4n) is 2.23. The Hall–Kier alpha value is -1.91. The fourth-order valence-corrected chi connectivity index (χ4v) is 2.23. The largest absolute Gasteiger partial charge is 0.448 e. The van der Waals surface area contributed by atoms with E-state index >= 15 is 0 Å². The summed E-state index contributed by atoms with van der Waals surface area (Å²) in [6.07, 6.45) is 2.70. The minimum absolute atomic E-state index is 0.0242. The van der Waals surface area contributed by atoms with Crippen LogP contribution in [0.25, 0.3) is 0 Å². The molecule has 1 atom stereocenters. The van der Waals surface area contributed by atoms with E-state index in [-0.39, 0.29) is 37.6 Å². The normalized spacial score (nSPS) is 11.6. The molecule has 0 spiro atoms. The van der Waals surface area contributed by atoms with Crippen LogP contribution in [0.15, 0.2) is 0 Å². The van der Waals surface area contributed by atoms with E-state index in [1.807, 2.05) is 0 Å². The number of carbonyl (C=O) groups is 3. The molecule has 0 radical (unpaired) electrons. The first-order valence-corrected chi connectivity index (χ1v) is 8.54. The number of hydrogen-bond acceptors (Lipinski definition) is 7. The number of rotatable bonds is 14. The first kappa shape index (κ1) is 23.1. The van der Waals surface area contributed by atoms with Crippen molar-refractivity contribution in [3.05, 3.63) is 0 Å². The molecule has 0 aromatic heterocycles. The summed E-state index contributed by atoms with van der Waals surface area (Å²) in [5, 5.41) is 2.76. The number of ether oxygens (including phenoxy) is 1. The zero-order valence-electron chi connectivity index (χ0n) is 14.7. The Labute approximate surface area is 148 Å². The van der Waals surface area contributed by atoms with Gasteiger partial charge in [0.05, 0.1) is 19.1 Å². The van der Waals surface area contributed by atoms with Crippen molar-refractivity contribution in [1.82, 2.24) is 10.2 Å². The molecule has 0 aliphatic carbocycles. The summed E-state index contributed by atoms with van der Waals surface area (Å²) in [6, 6.07) is -0.384. The molecule has 1 unspecified atom stereocenters. The standard InChI is InChI=1S/C15H32N6O4/c16-6-2-1-5-12(11-25-15(19)24)20-13(22)10-21(14(23)9-18)8-4-3-7-17/h12H,1-11,16-18H2,(H2,19,24)(H,20,22). The van der Waals surface area contributed by atoms with Crippen molar-refractivity contribution < 1.29 is 19.1 Å². The Bertz CT molecular complexity index is 407. The predicted molar refractivity (Wildman–Crippen MR) is 94.3 cm³/mol. The quantitative estimate of drug-likeness (QED) is 0.227. The highest BCUT2D eigenvalue weighted by Gasteiger charge is 2.19. The molecule has 0 rings (SSSR count). The molecule has 10 heteroatoms. The average molecular weight is 360 g/mol. The minimum atomic E-state index is -0.903. The van der Waals surface area contributed by atoms with E-state index in [9.17, 15) is 14.4 Å². The molecule has 0 heterocycles. The van der Waals surface area contributed by atoms with Gasteiger partial charge in [-0.1, -0.05) is 6.42 Å². The van der Waals surface area contributed by atoms with Crippen LogP contribution in [-0.4, -0.2) is 68.2 Å². The molecule has 0 aliphatic heterocycles. The van der Waals surface area contributed by atoms with Crippen LogP contribution >= 0.6 is 0 Å². The van der Waals surface area contributed by atoms with Crippen LogP contribution in [0.5, 0.6) is 0 Å². The Morgan fingerprint density at radius 3 is 2.20 bits per heavy atom. The van der Waals surface area contributed by atoms with Gasteiger partial charge in [0.15, 0.2) is 0 Å². The molecule has 3 amide bonds. The van der Waals surface area contributed by atoms with Crippen LogP contribution < -0.4 is 28.3 Å². The van der Waals surface area contributed by atoms with E-state index in [0.29, 0.717) is 32.5 Å². The van der Waals surface area contributed by atoms with Gasteiger partial charge in [0.2, 0.25) is 11.8 Å². The van der Waals surface area contributed by atoms with Gasteiger partial charge in [-0.05, 0) is 38.8 Å². The van der Waals surface area contributed by atoms with Gasteiger partial charge >= 0.3 is 6.09 Å². The molecule has 146 valence electrons. The second-order valence-electron chi connectivity index (χ2n) is 5.69. The zero-order chi connectivity index (χ0) is 19.1. The third kappa shape index (κ3) is 12.1. The van der Waals surface area contributed by atoms with E-state index in [0.717, 1.165) is 19.3 Å². The lowest BCUT2D eigenvalue weighted by Crippen LogP contribution is -2.47. The maximum atomic E-state index is 12.2. The van der Waals surface area contributed by atoms with Gasteiger partial charge in [-0.2, -0.15) is 0 Å². The summed E-state index contributed by atoms with van der Waals surface area (Å²) >= 11 is 0. The van der Waals surface area contributed by atoms with Gasteiger partial charge < -0.3 is 37.9 Å². The topological polar surface area (TPSA) is 180 Å². The van der Waals surface area contributed by atoms with Crippen LogP contribution in [0.3, 0.4) is 0 Å². The third-order valence-corrected chi connectivity index (χ3v) is 3.54. The molecular formula is C15H32N6O4. The number of primary amides is 1. The molecule has 25 heavy (non-hydrogen) atoms. The van der Waals surface area contributed by atoms with Crippen molar-refractivity contribution in [3.8, 4) is 0 Å². The minimum Gasteiger partial charge on any atom is -0.448 e. The number of amides is 3. The van der Waals surface area contributed by atoms with Crippen LogP contribution in [0, 0.1) is 0 Å². The van der Waals surface area contributed by atoms with E-state index in [1.54, 1.807) is 0 Å². The number of carbonyl (C=O) groups excluding carboxylic acids is 3. The lowest BCUT2D eigenvalue weighted by Gasteiger charge is -2.24. The molecule has 0 aliphatic rings. The van der Waals surface area contributed by atoms with Gasteiger partial charge in [-0.3, -0.25) is 9.59 Å². The van der Waals surface area contributed by atoms with Gasteiger partial charge in [-0.25, -0.2) is 4.79 Å². The van der Waals surface area contributed by atoms with E-state index in [1.165, 1.54) is 4.90 Å². The van der Waals surface area contributed by atoms with Crippen molar-refractivity contribution >= 4 is 17.9 Å². The first-order chi connectivity index (χ1) is 11.9. The van der Waals surface area contributed by atoms with Gasteiger partial charge in [0.25, 0.3) is 0 Å². The smallest absolute Gasteiger partial charge is 0.404 e. The van der Waals surface area contributed by atoms with Crippen LogP contribution in [-0.2, 0) is 14.3 Å². The maximum Gasteiger partial charge on any atom is 0.404 e. The highest BCUT2D eigenvalue weighted by Crippen LogP contribution is 2.02. The highest BCUT2D eigenvalue weighted by atomic mass is 16.5. The lowest BCUT2D eigenvalue weighted by molar-refractivity contribution is -0.135.